The summed E-state index contributed by atoms with van der Waals surface area (Å²) in [5.41, 5.74) is -5.01. The van der Waals surface area contributed by atoms with Gasteiger partial charge in [0, 0.05) is 23.6 Å². The first kappa shape index (κ1) is 12.5. The molecule has 0 bridgehead atoms. The second-order valence-corrected chi connectivity index (χ2v) is 5.80. The van der Waals surface area contributed by atoms with Crippen LogP contribution in [0.1, 0.15) is 5.56 Å². The highest BCUT2D eigenvalue weighted by Crippen LogP contribution is 2.37. The first-order chi connectivity index (χ1) is 7.81. The van der Waals surface area contributed by atoms with E-state index >= 15 is 0 Å². The van der Waals surface area contributed by atoms with E-state index in [-0.39, 0.29) is 5.75 Å². The minimum Gasteiger partial charge on any atom is -0.376 e. The Kier molecular flexibility index (Phi) is 2.98. The number of fused-ring (bicyclic) bond motifs is 1. The van der Waals surface area contributed by atoms with Gasteiger partial charge in [-0.1, -0.05) is 0 Å². The maximum atomic E-state index is 12.1. The van der Waals surface area contributed by atoms with Crippen molar-refractivity contribution in [1.82, 2.24) is 4.98 Å². The molecular formula is C8H6F3NO3S2. The summed E-state index contributed by atoms with van der Waals surface area (Å²) in [4.78, 5) is 3.92. The van der Waals surface area contributed by atoms with Gasteiger partial charge in [0.05, 0.1) is 0 Å². The Morgan fingerprint density at radius 1 is 1.41 bits per heavy atom. The number of rotatable bonds is 2. The lowest BCUT2D eigenvalue weighted by Crippen LogP contribution is -2.28. The van der Waals surface area contributed by atoms with Crippen LogP contribution >= 0.6 is 11.8 Å². The second-order valence-electron chi connectivity index (χ2n) is 3.17. The number of thioether (sulfide) groups is 1. The first-order valence-electron chi connectivity index (χ1n) is 4.43. The normalized spacial score (nSPS) is 15.7. The van der Waals surface area contributed by atoms with E-state index in [1.807, 2.05) is 0 Å². The number of alkyl halides is 3. The maximum absolute atomic E-state index is 12.1. The van der Waals surface area contributed by atoms with Gasteiger partial charge in [-0.3, -0.25) is 0 Å². The highest BCUT2D eigenvalue weighted by Gasteiger charge is 2.49. The van der Waals surface area contributed by atoms with E-state index in [2.05, 4.69) is 9.17 Å². The Bertz CT molecular complexity index is 541. The van der Waals surface area contributed by atoms with Crippen LogP contribution in [0.4, 0.5) is 13.2 Å². The molecule has 0 saturated heterocycles. The van der Waals surface area contributed by atoms with Gasteiger partial charge >= 0.3 is 15.6 Å². The van der Waals surface area contributed by atoms with Crippen molar-refractivity contribution in [3.8, 4) is 5.75 Å². The van der Waals surface area contributed by atoms with E-state index in [1.165, 1.54) is 18.0 Å². The van der Waals surface area contributed by atoms with Gasteiger partial charge in [-0.15, -0.1) is 11.8 Å². The van der Waals surface area contributed by atoms with Crippen LogP contribution in [0.25, 0.3) is 0 Å². The average molecular weight is 285 g/mol. The van der Waals surface area contributed by atoms with Crippen molar-refractivity contribution in [2.45, 2.75) is 17.0 Å². The third kappa shape index (κ3) is 2.34. The molecule has 0 atom stereocenters. The number of nitrogens with zero attached hydrogens (tertiary/aromatic N) is 1. The van der Waals surface area contributed by atoms with Crippen molar-refractivity contribution in [1.29, 1.82) is 0 Å². The standard InChI is InChI=1S/C8H6F3NO3S2/c9-8(10,11)17(13,14)15-6-1-3-12-7-5(6)2-4-16-7/h1,3H,2,4H2. The summed E-state index contributed by atoms with van der Waals surface area (Å²) in [6, 6.07) is 1.12. The topological polar surface area (TPSA) is 56.3 Å². The van der Waals surface area contributed by atoms with Gasteiger partial charge in [0.25, 0.3) is 0 Å². The Morgan fingerprint density at radius 3 is 2.76 bits per heavy atom. The third-order valence-corrected chi connectivity index (χ3v) is 4.05. The molecule has 17 heavy (non-hydrogen) atoms. The number of hydrogen-bond donors (Lipinski definition) is 0. The second kappa shape index (κ2) is 4.05. The first-order valence-corrected chi connectivity index (χ1v) is 6.82. The zero-order valence-electron chi connectivity index (χ0n) is 8.19. The van der Waals surface area contributed by atoms with E-state index in [0.717, 1.165) is 6.07 Å². The van der Waals surface area contributed by atoms with Gasteiger partial charge in [-0.25, -0.2) is 4.98 Å². The number of halogens is 3. The van der Waals surface area contributed by atoms with E-state index in [1.54, 1.807) is 0 Å². The predicted molar refractivity (Wildman–Crippen MR) is 54.3 cm³/mol. The summed E-state index contributed by atoms with van der Waals surface area (Å²) in [7, 11) is -5.61. The van der Waals surface area contributed by atoms with Crippen LogP contribution in [0.2, 0.25) is 0 Å². The van der Waals surface area contributed by atoms with Gasteiger partial charge in [0.15, 0.2) is 0 Å². The third-order valence-electron chi connectivity index (χ3n) is 2.05. The van der Waals surface area contributed by atoms with Crippen LogP contribution in [-0.2, 0) is 16.5 Å². The lowest BCUT2D eigenvalue weighted by molar-refractivity contribution is -0.0500. The highest BCUT2D eigenvalue weighted by atomic mass is 32.2. The molecule has 0 saturated carbocycles. The zero-order valence-corrected chi connectivity index (χ0v) is 9.82. The molecule has 0 fully saturated rings. The fourth-order valence-corrected chi connectivity index (χ4v) is 2.80. The molecule has 9 heteroatoms. The summed E-state index contributed by atoms with van der Waals surface area (Å²) < 4.78 is 62.2. The Balaban J connectivity index is 2.36. The van der Waals surface area contributed by atoms with Gasteiger partial charge in [0.1, 0.15) is 10.8 Å². The van der Waals surface area contributed by atoms with Crippen molar-refractivity contribution in [2.24, 2.45) is 0 Å². The average Bonchev–Trinajstić information content (AvgIpc) is 2.64. The monoisotopic (exact) mass is 285 g/mol. The van der Waals surface area contributed by atoms with Crippen molar-refractivity contribution < 1.29 is 25.8 Å². The minimum atomic E-state index is -5.61. The van der Waals surface area contributed by atoms with E-state index in [0.29, 0.717) is 22.8 Å². The smallest absolute Gasteiger partial charge is 0.376 e. The number of pyridine rings is 1. The van der Waals surface area contributed by atoms with Crippen LogP contribution in [0, 0.1) is 0 Å². The van der Waals surface area contributed by atoms with Gasteiger partial charge in [-0.2, -0.15) is 21.6 Å². The van der Waals surface area contributed by atoms with E-state index < -0.39 is 15.6 Å². The Labute approximate surface area is 99.3 Å². The van der Waals surface area contributed by atoms with Crippen LogP contribution in [-0.4, -0.2) is 24.7 Å². The fraction of sp³-hybridized carbons (Fsp3) is 0.375. The van der Waals surface area contributed by atoms with Crippen LogP contribution in [0.15, 0.2) is 17.3 Å². The highest BCUT2D eigenvalue weighted by molar-refractivity contribution is 7.99. The molecule has 1 aliphatic heterocycles. The molecule has 2 rings (SSSR count). The Morgan fingerprint density at radius 2 is 2.12 bits per heavy atom. The fourth-order valence-electron chi connectivity index (χ4n) is 1.30. The van der Waals surface area contributed by atoms with E-state index in [9.17, 15) is 21.6 Å². The molecule has 4 nitrogen and oxygen atoms in total. The summed E-state index contributed by atoms with van der Waals surface area (Å²) in [5.74, 6) is 0.353. The molecule has 0 radical (unpaired) electrons. The van der Waals surface area contributed by atoms with Crippen molar-refractivity contribution >= 4 is 21.9 Å². The largest absolute Gasteiger partial charge is 0.534 e. The van der Waals surface area contributed by atoms with Crippen LogP contribution < -0.4 is 4.18 Å². The minimum absolute atomic E-state index is 0.294. The molecule has 0 N–H and O–H groups in total. The van der Waals surface area contributed by atoms with Crippen LogP contribution in [0.3, 0.4) is 0 Å². The van der Waals surface area contributed by atoms with Crippen LogP contribution in [0.5, 0.6) is 5.75 Å². The van der Waals surface area contributed by atoms with Gasteiger partial charge in [-0.05, 0) is 6.42 Å². The van der Waals surface area contributed by atoms with E-state index in [4.69, 9.17) is 0 Å². The molecule has 0 aromatic carbocycles. The molecule has 94 valence electrons. The number of aromatic nitrogens is 1. The molecule has 0 amide bonds. The van der Waals surface area contributed by atoms with Gasteiger partial charge in [0.2, 0.25) is 0 Å². The molecule has 0 aliphatic carbocycles. The molecule has 1 aliphatic rings. The molecule has 1 aromatic rings. The zero-order chi connectivity index (χ0) is 12.7. The molecule has 2 heterocycles. The quantitative estimate of drug-likeness (QED) is 0.614. The predicted octanol–water partition coefficient (Wildman–Crippen LogP) is 1.96. The maximum Gasteiger partial charge on any atom is 0.534 e. The SMILES string of the molecule is O=S(=O)(Oc1ccnc2c1CCS2)C(F)(F)F. The Hall–Kier alpha value is -0.960. The summed E-state index contributed by atoms with van der Waals surface area (Å²) in [6.07, 6.45) is 1.66. The summed E-state index contributed by atoms with van der Waals surface area (Å²) in [6.45, 7) is 0. The van der Waals surface area contributed by atoms with Crippen molar-refractivity contribution in [2.75, 3.05) is 5.75 Å². The lowest BCUT2D eigenvalue weighted by atomic mass is 10.2. The molecule has 0 spiro atoms. The lowest BCUT2D eigenvalue weighted by Gasteiger charge is -2.11. The molecular weight excluding hydrogens is 279 g/mol. The van der Waals surface area contributed by atoms with Gasteiger partial charge < -0.3 is 4.18 Å². The van der Waals surface area contributed by atoms with Crippen molar-refractivity contribution in [3.05, 3.63) is 17.8 Å². The van der Waals surface area contributed by atoms with Crippen molar-refractivity contribution in [3.63, 3.8) is 0 Å². The molecule has 1 aromatic heterocycles. The summed E-state index contributed by atoms with van der Waals surface area (Å²) >= 11 is 1.35. The molecule has 0 unspecified atom stereocenters. The summed E-state index contributed by atoms with van der Waals surface area (Å²) in [5, 5.41) is 0.514. The number of hydrogen-bond acceptors (Lipinski definition) is 5.